The van der Waals surface area contributed by atoms with Crippen LogP contribution < -0.4 is 10.4 Å². The molecule has 2 rings (SSSR count). The molecule has 1 heterocycles. The van der Waals surface area contributed by atoms with E-state index in [-0.39, 0.29) is 11.4 Å². The smallest absolute Gasteiger partial charge is 0.343 e. The van der Waals surface area contributed by atoms with Crippen molar-refractivity contribution in [2.75, 3.05) is 7.11 Å². The molecule has 0 saturated heterocycles. The number of phenolic OH excluding ortho intramolecular Hbond substituents is 1. The van der Waals surface area contributed by atoms with Crippen molar-refractivity contribution in [3.63, 3.8) is 0 Å². The number of phenols is 1. The topological polar surface area (TPSA) is 80.1 Å². The first-order chi connectivity index (χ1) is 8.17. The Kier molecular flexibility index (Phi) is 2.86. The van der Waals surface area contributed by atoms with E-state index in [0.29, 0.717) is 23.7 Å². The van der Waals surface area contributed by atoms with Crippen LogP contribution in [0.2, 0.25) is 0 Å². The molecule has 90 valence electrons. The predicted molar refractivity (Wildman–Crippen MR) is 62.2 cm³/mol. The highest BCUT2D eigenvalue weighted by Gasteiger charge is 2.11. The average Bonchev–Trinajstić information content (AvgIpc) is 2.71. The Bertz CT molecular complexity index is 586. The number of nitrogens with one attached hydrogen (secondary N) is 1. The lowest BCUT2D eigenvalue weighted by Gasteiger charge is -2.06. The summed E-state index contributed by atoms with van der Waals surface area (Å²) in [5.41, 5.74) is 0.453. The molecule has 0 unspecified atom stereocenters. The van der Waals surface area contributed by atoms with Gasteiger partial charge in [-0.25, -0.2) is 9.89 Å². The van der Waals surface area contributed by atoms with Crippen molar-refractivity contribution < 1.29 is 9.84 Å². The summed E-state index contributed by atoms with van der Waals surface area (Å²) in [6.45, 7) is 2.38. The molecule has 1 aromatic heterocycles. The summed E-state index contributed by atoms with van der Waals surface area (Å²) in [6.07, 6.45) is 0. The van der Waals surface area contributed by atoms with Crippen molar-refractivity contribution in [1.82, 2.24) is 14.8 Å². The van der Waals surface area contributed by atoms with Crippen molar-refractivity contribution in [3.8, 4) is 22.9 Å². The van der Waals surface area contributed by atoms with Crippen LogP contribution in [0.15, 0.2) is 23.0 Å². The van der Waals surface area contributed by atoms with E-state index < -0.39 is 0 Å². The first-order valence-corrected chi connectivity index (χ1v) is 5.20. The van der Waals surface area contributed by atoms with Crippen LogP contribution in [0, 0.1) is 0 Å². The van der Waals surface area contributed by atoms with Crippen molar-refractivity contribution >= 4 is 0 Å². The maximum atomic E-state index is 11.4. The van der Waals surface area contributed by atoms with Gasteiger partial charge in [-0.1, -0.05) is 0 Å². The maximum absolute atomic E-state index is 11.4. The third kappa shape index (κ3) is 1.89. The van der Waals surface area contributed by atoms with Gasteiger partial charge in [0.15, 0.2) is 17.3 Å². The second kappa shape index (κ2) is 4.32. The Labute approximate surface area is 97.5 Å². The van der Waals surface area contributed by atoms with Gasteiger partial charge in [-0.2, -0.15) is 5.10 Å². The van der Waals surface area contributed by atoms with Crippen molar-refractivity contribution in [1.29, 1.82) is 0 Å². The summed E-state index contributed by atoms with van der Waals surface area (Å²) in [7, 11) is 1.47. The SMILES string of the molecule is CCn1c(-c2ccc(O)c(OC)c2)n[nH]c1=O. The molecule has 0 amide bonds. The predicted octanol–water partition coefficient (Wildman–Crippen LogP) is 0.972. The third-order valence-electron chi connectivity index (χ3n) is 2.51. The zero-order valence-electron chi connectivity index (χ0n) is 9.60. The summed E-state index contributed by atoms with van der Waals surface area (Å²) < 4.78 is 6.52. The van der Waals surface area contributed by atoms with Crippen LogP contribution in [0.5, 0.6) is 11.5 Å². The Hall–Kier alpha value is -2.24. The molecule has 17 heavy (non-hydrogen) atoms. The number of aromatic nitrogens is 3. The molecule has 0 saturated carbocycles. The van der Waals surface area contributed by atoms with Gasteiger partial charge >= 0.3 is 5.69 Å². The molecular weight excluding hydrogens is 222 g/mol. The largest absolute Gasteiger partial charge is 0.504 e. The highest BCUT2D eigenvalue weighted by molar-refractivity contribution is 5.60. The fourth-order valence-electron chi connectivity index (χ4n) is 1.65. The number of H-pyrrole nitrogens is 1. The molecule has 0 radical (unpaired) electrons. The summed E-state index contributed by atoms with van der Waals surface area (Å²) in [5, 5.41) is 15.8. The van der Waals surface area contributed by atoms with Gasteiger partial charge in [0.05, 0.1) is 7.11 Å². The lowest BCUT2D eigenvalue weighted by molar-refractivity contribution is 0.373. The second-order valence-corrected chi connectivity index (χ2v) is 3.48. The van der Waals surface area contributed by atoms with Gasteiger partial charge in [-0.3, -0.25) is 4.57 Å². The number of rotatable bonds is 3. The summed E-state index contributed by atoms with van der Waals surface area (Å²) >= 11 is 0. The van der Waals surface area contributed by atoms with E-state index in [9.17, 15) is 9.90 Å². The Balaban J connectivity index is 2.56. The molecule has 0 fully saturated rings. The molecule has 0 atom stereocenters. The van der Waals surface area contributed by atoms with Gasteiger partial charge in [-0.05, 0) is 25.1 Å². The summed E-state index contributed by atoms with van der Waals surface area (Å²) in [4.78, 5) is 11.4. The lowest BCUT2D eigenvalue weighted by Crippen LogP contribution is -2.16. The van der Waals surface area contributed by atoms with Crippen molar-refractivity contribution in [2.24, 2.45) is 0 Å². The number of hydrogen-bond donors (Lipinski definition) is 2. The number of aromatic amines is 1. The van der Waals surface area contributed by atoms with E-state index in [1.807, 2.05) is 6.92 Å². The molecule has 6 heteroatoms. The molecule has 0 aliphatic rings. The zero-order chi connectivity index (χ0) is 12.4. The first-order valence-electron chi connectivity index (χ1n) is 5.20. The van der Waals surface area contributed by atoms with Crippen LogP contribution in [0.25, 0.3) is 11.4 Å². The highest BCUT2D eigenvalue weighted by atomic mass is 16.5. The monoisotopic (exact) mass is 235 g/mol. The fraction of sp³-hybridized carbons (Fsp3) is 0.273. The second-order valence-electron chi connectivity index (χ2n) is 3.48. The molecule has 1 aromatic carbocycles. The minimum Gasteiger partial charge on any atom is -0.504 e. The number of aromatic hydroxyl groups is 1. The number of ether oxygens (including phenoxy) is 1. The van der Waals surface area contributed by atoms with Crippen LogP contribution in [-0.2, 0) is 6.54 Å². The average molecular weight is 235 g/mol. The molecule has 0 aliphatic heterocycles. The number of hydrogen-bond acceptors (Lipinski definition) is 4. The van der Waals surface area contributed by atoms with Crippen LogP contribution in [0.1, 0.15) is 6.92 Å². The molecule has 6 nitrogen and oxygen atoms in total. The van der Waals surface area contributed by atoms with Crippen LogP contribution in [-0.4, -0.2) is 27.0 Å². The van der Waals surface area contributed by atoms with Gasteiger partial charge in [-0.15, -0.1) is 0 Å². The Morgan fingerprint density at radius 2 is 2.29 bits per heavy atom. The summed E-state index contributed by atoms with van der Waals surface area (Å²) in [5.74, 6) is 0.925. The van der Waals surface area contributed by atoms with Crippen LogP contribution >= 0.6 is 0 Å². The lowest BCUT2D eigenvalue weighted by atomic mass is 10.2. The fourth-order valence-corrected chi connectivity index (χ4v) is 1.65. The van der Waals surface area contributed by atoms with E-state index >= 15 is 0 Å². The summed E-state index contributed by atoms with van der Waals surface area (Å²) in [6, 6.07) is 4.82. The van der Waals surface area contributed by atoms with E-state index in [4.69, 9.17) is 4.74 Å². The zero-order valence-corrected chi connectivity index (χ0v) is 9.60. The molecule has 0 aliphatic carbocycles. The van der Waals surface area contributed by atoms with Crippen LogP contribution in [0.4, 0.5) is 0 Å². The number of methoxy groups -OCH3 is 1. The molecule has 0 bridgehead atoms. The molecule has 2 aromatic rings. The Morgan fingerprint density at radius 3 is 2.94 bits per heavy atom. The molecular formula is C11H13N3O3. The van der Waals surface area contributed by atoms with E-state index in [2.05, 4.69) is 10.2 Å². The molecule has 2 N–H and O–H groups in total. The maximum Gasteiger partial charge on any atom is 0.343 e. The minimum atomic E-state index is -0.255. The standard InChI is InChI=1S/C11H13N3O3/c1-3-14-10(12-13-11(14)16)7-4-5-8(15)9(6-7)17-2/h4-6,15H,3H2,1-2H3,(H,13,16). The highest BCUT2D eigenvalue weighted by Crippen LogP contribution is 2.30. The van der Waals surface area contributed by atoms with Gasteiger partial charge < -0.3 is 9.84 Å². The van der Waals surface area contributed by atoms with E-state index in [1.54, 1.807) is 12.1 Å². The van der Waals surface area contributed by atoms with Crippen molar-refractivity contribution in [3.05, 3.63) is 28.7 Å². The van der Waals surface area contributed by atoms with Gasteiger partial charge in [0.1, 0.15) is 0 Å². The third-order valence-corrected chi connectivity index (χ3v) is 2.51. The van der Waals surface area contributed by atoms with Gasteiger partial charge in [0.25, 0.3) is 0 Å². The quantitative estimate of drug-likeness (QED) is 0.830. The molecule has 0 spiro atoms. The number of nitrogens with zero attached hydrogens (tertiary/aromatic N) is 2. The van der Waals surface area contributed by atoms with E-state index in [1.165, 1.54) is 17.7 Å². The van der Waals surface area contributed by atoms with Gasteiger partial charge in [0.2, 0.25) is 0 Å². The Morgan fingerprint density at radius 1 is 1.53 bits per heavy atom. The first kappa shape index (κ1) is 11.3. The van der Waals surface area contributed by atoms with Gasteiger partial charge in [0, 0.05) is 12.1 Å². The number of benzene rings is 1. The van der Waals surface area contributed by atoms with Crippen molar-refractivity contribution in [2.45, 2.75) is 13.5 Å². The normalized spacial score (nSPS) is 10.5. The minimum absolute atomic E-state index is 0.0529. The van der Waals surface area contributed by atoms with E-state index in [0.717, 1.165) is 0 Å². The van der Waals surface area contributed by atoms with Crippen LogP contribution in [0.3, 0.4) is 0 Å².